The molecule has 16 heavy (non-hydrogen) atoms. The molecule has 4 nitrogen and oxygen atoms in total. The molecule has 1 aromatic rings. The standard InChI is InChI=1S/C11H16ClN3O/c1-15(8-9-4-6-16-7-5-9)11-3-2-10(12)13-14-11/h2-3,9H,4-8H2,1H3. The van der Waals surface area contributed by atoms with Crippen LogP contribution in [0.1, 0.15) is 12.8 Å². The predicted octanol–water partition coefficient (Wildman–Crippen LogP) is 1.99. The second kappa shape index (κ2) is 5.46. The van der Waals surface area contributed by atoms with Crippen LogP contribution < -0.4 is 4.90 Å². The zero-order valence-corrected chi connectivity index (χ0v) is 10.2. The van der Waals surface area contributed by atoms with Crippen molar-refractivity contribution in [1.82, 2.24) is 10.2 Å². The molecule has 1 saturated heterocycles. The Morgan fingerprint density at radius 3 is 2.75 bits per heavy atom. The molecule has 0 aromatic carbocycles. The van der Waals surface area contributed by atoms with Crippen LogP contribution >= 0.6 is 11.6 Å². The quantitative estimate of drug-likeness (QED) is 0.811. The molecule has 0 unspecified atom stereocenters. The van der Waals surface area contributed by atoms with E-state index in [9.17, 15) is 0 Å². The number of ether oxygens (including phenoxy) is 1. The topological polar surface area (TPSA) is 38.2 Å². The zero-order valence-electron chi connectivity index (χ0n) is 9.40. The smallest absolute Gasteiger partial charge is 0.151 e. The van der Waals surface area contributed by atoms with Crippen molar-refractivity contribution < 1.29 is 4.74 Å². The number of aromatic nitrogens is 2. The summed E-state index contributed by atoms with van der Waals surface area (Å²) in [6.07, 6.45) is 2.26. The van der Waals surface area contributed by atoms with Crippen LogP contribution in [0.5, 0.6) is 0 Å². The Balaban J connectivity index is 1.91. The summed E-state index contributed by atoms with van der Waals surface area (Å²) in [5, 5.41) is 8.33. The highest BCUT2D eigenvalue weighted by Crippen LogP contribution is 2.18. The van der Waals surface area contributed by atoms with E-state index in [-0.39, 0.29) is 0 Å². The Kier molecular flexibility index (Phi) is 3.96. The van der Waals surface area contributed by atoms with Gasteiger partial charge in [-0.2, -0.15) is 0 Å². The number of nitrogens with zero attached hydrogens (tertiary/aromatic N) is 3. The highest BCUT2D eigenvalue weighted by atomic mass is 35.5. The third-order valence-electron chi connectivity index (χ3n) is 2.88. The van der Waals surface area contributed by atoms with Crippen molar-refractivity contribution >= 4 is 17.4 Å². The molecule has 5 heteroatoms. The number of hydrogen-bond acceptors (Lipinski definition) is 4. The molecule has 0 saturated carbocycles. The van der Waals surface area contributed by atoms with E-state index in [2.05, 4.69) is 15.1 Å². The molecule has 88 valence electrons. The van der Waals surface area contributed by atoms with Crippen molar-refractivity contribution in [3.8, 4) is 0 Å². The summed E-state index contributed by atoms with van der Waals surface area (Å²) >= 11 is 5.70. The van der Waals surface area contributed by atoms with Crippen LogP contribution in [0, 0.1) is 5.92 Å². The van der Waals surface area contributed by atoms with Crippen molar-refractivity contribution in [2.45, 2.75) is 12.8 Å². The van der Waals surface area contributed by atoms with Crippen LogP contribution in [0.3, 0.4) is 0 Å². The minimum absolute atomic E-state index is 0.434. The SMILES string of the molecule is CN(CC1CCOCC1)c1ccc(Cl)nn1. The van der Waals surface area contributed by atoms with Gasteiger partial charge in [-0.25, -0.2) is 0 Å². The number of halogens is 1. The molecule has 0 amide bonds. The van der Waals surface area contributed by atoms with E-state index in [1.54, 1.807) is 6.07 Å². The molecule has 2 heterocycles. The highest BCUT2D eigenvalue weighted by molar-refractivity contribution is 6.29. The van der Waals surface area contributed by atoms with Gasteiger partial charge in [0.2, 0.25) is 0 Å². The number of hydrogen-bond donors (Lipinski definition) is 0. The Labute approximate surface area is 101 Å². The van der Waals surface area contributed by atoms with Crippen molar-refractivity contribution in [3.05, 3.63) is 17.3 Å². The highest BCUT2D eigenvalue weighted by Gasteiger charge is 2.16. The molecule has 1 fully saturated rings. The molecule has 0 N–H and O–H groups in total. The number of rotatable bonds is 3. The first kappa shape index (κ1) is 11.6. The fourth-order valence-corrected chi connectivity index (χ4v) is 2.02. The summed E-state index contributed by atoms with van der Waals surface area (Å²) in [7, 11) is 2.04. The van der Waals surface area contributed by atoms with Gasteiger partial charge >= 0.3 is 0 Å². The molecule has 1 aliphatic heterocycles. The first-order chi connectivity index (χ1) is 7.75. The summed E-state index contributed by atoms with van der Waals surface area (Å²) in [5.74, 6) is 1.56. The van der Waals surface area contributed by atoms with Gasteiger partial charge in [-0.3, -0.25) is 0 Å². The maximum atomic E-state index is 5.70. The van der Waals surface area contributed by atoms with Crippen LogP contribution in [0.2, 0.25) is 5.15 Å². The molecule has 0 radical (unpaired) electrons. The lowest BCUT2D eigenvalue weighted by Crippen LogP contribution is -2.30. The Bertz CT molecular complexity index is 325. The second-order valence-electron chi connectivity index (χ2n) is 4.15. The molecular weight excluding hydrogens is 226 g/mol. The minimum atomic E-state index is 0.434. The van der Waals surface area contributed by atoms with Crippen molar-refractivity contribution in [2.24, 2.45) is 5.92 Å². The molecular formula is C11H16ClN3O. The van der Waals surface area contributed by atoms with E-state index in [1.165, 1.54) is 0 Å². The van der Waals surface area contributed by atoms with E-state index in [0.717, 1.165) is 38.4 Å². The molecule has 0 aliphatic carbocycles. The lowest BCUT2D eigenvalue weighted by molar-refractivity contribution is 0.0685. The van der Waals surface area contributed by atoms with Gasteiger partial charge in [0.1, 0.15) is 0 Å². The van der Waals surface area contributed by atoms with Gasteiger partial charge in [-0.05, 0) is 30.9 Å². The fourth-order valence-electron chi connectivity index (χ4n) is 1.92. The average Bonchev–Trinajstić information content (AvgIpc) is 2.31. The third kappa shape index (κ3) is 3.06. The zero-order chi connectivity index (χ0) is 11.4. The molecule has 2 rings (SSSR count). The van der Waals surface area contributed by atoms with E-state index >= 15 is 0 Å². The Morgan fingerprint density at radius 2 is 2.12 bits per heavy atom. The molecule has 0 atom stereocenters. The van der Waals surface area contributed by atoms with Gasteiger partial charge < -0.3 is 9.64 Å². The molecule has 0 spiro atoms. The van der Waals surface area contributed by atoms with Gasteiger partial charge in [-0.15, -0.1) is 10.2 Å². The largest absolute Gasteiger partial charge is 0.381 e. The van der Waals surface area contributed by atoms with Gasteiger partial charge in [0.25, 0.3) is 0 Å². The summed E-state index contributed by atoms with van der Waals surface area (Å²) in [4.78, 5) is 2.12. The first-order valence-corrected chi connectivity index (χ1v) is 5.91. The van der Waals surface area contributed by atoms with Crippen LogP contribution in [0.25, 0.3) is 0 Å². The molecule has 0 bridgehead atoms. The van der Waals surface area contributed by atoms with Crippen LogP contribution in [0.4, 0.5) is 5.82 Å². The maximum Gasteiger partial charge on any atom is 0.151 e. The van der Waals surface area contributed by atoms with E-state index in [4.69, 9.17) is 16.3 Å². The second-order valence-corrected chi connectivity index (χ2v) is 4.54. The van der Waals surface area contributed by atoms with E-state index in [1.807, 2.05) is 13.1 Å². The number of anilines is 1. The van der Waals surface area contributed by atoms with Gasteiger partial charge in [0, 0.05) is 26.8 Å². The monoisotopic (exact) mass is 241 g/mol. The van der Waals surface area contributed by atoms with E-state index < -0.39 is 0 Å². The summed E-state index contributed by atoms with van der Waals surface area (Å²) in [6, 6.07) is 3.67. The van der Waals surface area contributed by atoms with Gasteiger partial charge in [0.05, 0.1) is 0 Å². The maximum absolute atomic E-state index is 5.70. The van der Waals surface area contributed by atoms with Crippen molar-refractivity contribution in [2.75, 3.05) is 31.7 Å². The normalized spacial score (nSPS) is 17.4. The predicted molar refractivity (Wildman–Crippen MR) is 63.9 cm³/mol. The Morgan fingerprint density at radius 1 is 1.38 bits per heavy atom. The van der Waals surface area contributed by atoms with Crippen molar-refractivity contribution in [3.63, 3.8) is 0 Å². The van der Waals surface area contributed by atoms with Crippen LogP contribution in [0.15, 0.2) is 12.1 Å². The lowest BCUT2D eigenvalue weighted by Gasteiger charge is -2.27. The van der Waals surface area contributed by atoms with Crippen LogP contribution in [-0.4, -0.2) is 37.0 Å². The van der Waals surface area contributed by atoms with Crippen LogP contribution in [-0.2, 0) is 4.74 Å². The average molecular weight is 242 g/mol. The third-order valence-corrected chi connectivity index (χ3v) is 3.08. The first-order valence-electron chi connectivity index (χ1n) is 5.54. The minimum Gasteiger partial charge on any atom is -0.381 e. The molecule has 1 aliphatic rings. The summed E-state index contributed by atoms with van der Waals surface area (Å²) in [6.45, 7) is 2.76. The summed E-state index contributed by atoms with van der Waals surface area (Å²) < 4.78 is 5.34. The summed E-state index contributed by atoms with van der Waals surface area (Å²) in [5.41, 5.74) is 0. The van der Waals surface area contributed by atoms with Gasteiger partial charge in [-0.1, -0.05) is 11.6 Å². The van der Waals surface area contributed by atoms with Gasteiger partial charge in [0.15, 0.2) is 11.0 Å². The fraction of sp³-hybridized carbons (Fsp3) is 0.636. The lowest BCUT2D eigenvalue weighted by atomic mass is 10.00. The van der Waals surface area contributed by atoms with E-state index in [0.29, 0.717) is 11.1 Å². The molecule has 1 aromatic heterocycles. The van der Waals surface area contributed by atoms with Crippen molar-refractivity contribution in [1.29, 1.82) is 0 Å². The Hall–Kier alpha value is -0.870.